The van der Waals surface area contributed by atoms with Crippen LogP contribution >= 0.6 is 0 Å². The molecule has 0 saturated carbocycles. The number of carbonyl (C=O) groups excluding carboxylic acids is 3. The van der Waals surface area contributed by atoms with Gasteiger partial charge in [-0.25, -0.2) is 29.3 Å². The first kappa shape index (κ1) is 76.0. The second kappa shape index (κ2) is 44.5. The maximum Gasteiger partial charge on any atom is 0.356 e. The van der Waals surface area contributed by atoms with Gasteiger partial charge >= 0.3 is 17.9 Å². The zero-order chi connectivity index (χ0) is 68.5. The molecule has 1 aliphatic carbocycles. The number of benzene rings is 2. The summed E-state index contributed by atoms with van der Waals surface area (Å²) in [4.78, 5) is 60.8. The minimum atomic E-state index is -0.616. The monoisotopic (exact) mass is 1340 g/mol. The summed E-state index contributed by atoms with van der Waals surface area (Å²) < 4.78 is 81.4. The van der Waals surface area contributed by atoms with E-state index in [2.05, 4.69) is 50.2 Å². The molecule has 4 aromatic rings. The second-order valence-corrected chi connectivity index (χ2v) is 22.0. The zero-order valence-electron chi connectivity index (χ0n) is 56.6. The Hall–Kier alpha value is -8.36. The molecule has 1 fully saturated rings. The van der Waals surface area contributed by atoms with Crippen LogP contribution in [0.5, 0.6) is 11.5 Å². The van der Waals surface area contributed by atoms with E-state index in [1.807, 2.05) is 72.8 Å². The molecule has 4 heterocycles. The minimum Gasteiger partial charge on any atom is -0.496 e. The Labute approximate surface area is 569 Å². The van der Waals surface area contributed by atoms with Gasteiger partial charge in [0.15, 0.2) is 0 Å². The highest BCUT2D eigenvalue weighted by molar-refractivity contribution is 5.97. The Morgan fingerprint density at radius 1 is 0.443 bits per heavy atom. The smallest absolute Gasteiger partial charge is 0.356 e. The van der Waals surface area contributed by atoms with E-state index in [-0.39, 0.29) is 29.5 Å². The van der Waals surface area contributed by atoms with Crippen molar-refractivity contribution in [3.05, 3.63) is 153 Å². The SMILES string of the molecule is COCCOCCOCCOC1=CC=C(C#Cc2cc(CN3CCN(CC4=NC(C(=O)OC)=CC(C#Cc5ccc(OCCOCCOCCOC)cc5)C4)CN(Cc4cc(C#Cc5ccc(OCCOCCOCCOC)cc5)cc(C(=O)OC)n4)C3)nc(C(=O)OC)c2)CC1. The first-order chi connectivity index (χ1) is 47.5. The first-order valence-corrected chi connectivity index (χ1v) is 32.2. The molecule has 0 spiro atoms. The maximum atomic E-state index is 13.3. The molecule has 24 nitrogen and oxygen atoms in total. The molecule has 3 aliphatic rings. The van der Waals surface area contributed by atoms with Crippen molar-refractivity contribution < 1.29 is 85.4 Å². The lowest BCUT2D eigenvalue weighted by molar-refractivity contribution is -0.136. The Balaban J connectivity index is 1.08. The number of aliphatic imine (C=N–C) groups is 1. The van der Waals surface area contributed by atoms with E-state index in [1.165, 1.54) is 21.3 Å². The van der Waals surface area contributed by atoms with Gasteiger partial charge in [-0.15, -0.1) is 0 Å². The highest BCUT2D eigenvalue weighted by atomic mass is 16.6. The predicted octanol–water partition coefficient (Wildman–Crippen LogP) is 6.32. The molecule has 2 aliphatic heterocycles. The van der Waals surface area contributed by atoms with Gasteiger partial charge in [0.1, 0.15) is 48.4 Å². The lowest BCUT2D eigenvalue weighted by Crippen LogP contribution is -2.40. The van der Waals surface area contributed by atoms with Crippen molar-refractivity contribution in [1.82, 2.24) is 24.7 Å². The Morgan fingerprint density at radius 2 is 0.876 bits per heavy atom. The highest BCUT2D eigenvalue weighted by Crippen LogP contribution is 2.23. The molecule has 7 rings (SSSR count). The number of hydrogen-bond donors (Lipinski definition) is 0. The lowest BCUT2D eigenvalue weighted by atomic mass is 9.97. The number of aromatic nitrogens is 2. The third kappa shape index (κ3) is 29.1. The summed E-state index contributed by atoms with van der Waals surface area (Å²) in [6.07, 6.45) is 7.42. The number of pyridine rings is 2. The molecule has 0 radical (unpaired) electrons. The summed E-state index contributed by atoms with van der Waals surface area (Å²) in [5, 5.41) is 0. The van der Waals surface area contributed by atoms with Crippen LogP contribution in [0.4, 0.5) is 0 Å². The van der Waals surface area contributed by atoms with E-state index in [0.717, 1.165) is 28.2 Å². The molecule has 24 heteroatoms. The van der Waals surface area contributed by atoms with E-state index in [4.69, 9.17) is 86.0 Å². The molecule has 0 N–H and O–H groups in total. The molecule has 1 saturated heterocycles. The summed E-state index contributed by atoms with van der Waals surface area (Å²) in [6, 6.07) is 21.9. The van der Waals surface area contributed by atoms with Gasteiger partial charge in [-0.2, -0.15) is 0 Å². The number of esters is 3. The standard InChI is InChI=1S/C73H90N6O18/c1-83-27-30-89-33-36-92-39-42-95-65-19-13-56(14-20-65)7-10-59-45-62(74-68(48-59)71(80)86-4)51-77-25-26-78(52-63-46-60(49-69(75-63)72(81)87-5)11-8-57-15-21-66(22-16-57)96-43-40-93-37-34-90-31-28-84-2)55-79(54-77)53-64-47-61(50-70(76-64)73(82)88-6)12-9-58-17-23-67(24-18-58)97-44-41-94-38-35-91-32-29-85-3/h13-15,17-21,23-24,46-50,59H,16,22,25-45,51-55H2,1-6H3. The number of allylic oxidation sites excluding steroid dienone is 5. The molecular formula is C73H90N6O18. The van der Waals surface area contributed by atoms with E-state index in [1.54, 1.807) is 39.5 Å². The van der Waals surface area contributed by atoms with Crippen molar-refractivity contribution in [1.29, 1.82) is 0 Å². The minimum absolute atomic E-state index is 0.0941. The molecule has 97 heavy (non-hydrogen) atoms. The average Bonchev–Trinajstić information content (AvgIpc) is 1.87. The summed E-state index contributed by atoms with van der Waals surface area (Å²) >= 11 is 0. The summed E-state index contributed by atoms with van der Waals surface area (Å²) in [7, 11) is 8.85. The number of carbonyl (C=O) groups is 3. The fraction of sp³-hybridized carbons (Fsp3) is 0.479. The maximum absolute atomic E-state index is 13.3. The van der Waals surface area contributed by atoms with Crippen molar-refractivity contribution in [2.24, 2.45) is 10.9 Å². The Morgan fingerprint density at radius 3 is 1.35 bits per heavy atom. The van der Waals surface area contributed by atoms with Crippen molar-refractivity contribution in [3.63, 3.8) is 0 Å². The van der Waals surface area contributed by atoms with E-state index < -0.39 is 17.9 Å². The van der Waals surface area contributed by atoms with E-state index in [9.17, 15) is 14.4 Å². The summed E-state index contributed by atoms with van der Waals surface area (Å²) in [5.41, 5.74) is 5.83. The van der Waals surface area contributed by atoms with Crippen LogP contribution in [0, 0.1) is 41.4 Å². The summed E-state index contributed by atoms with van der Waals surface area (Å²) in [6.45, 7) is 11.2. The zero-order valence-corrected chi connectivity index (χ0v) is 56.6. The van der Waals surface area contributed by atoms with Crippen LogP contribution in [-0.2, 0) is 79.5 Å². The van der Waals surface area contributed by atoms with Crippen LogP contribution in [0.15, 0.2) is 113 Å². The largest absolute Gasteiger partial charge is 0.496 e. The Bertz CT molecular complexity index is 3430. The number of hydrogen-bond acceptors (Lipinski definition) is 24. The van der Waals surface area contributed by atoms with Crippen LogP contribution < -0.4 is 9.47 Å². The number of nitrogens with zero attached hydrogens (tertiary/aromatic N) is 6. The quantitative estimate of drug-likeness (QED) is 0.0205. The van der Waals surface area contributed by atoms with E-state index >= 15 is 0 Å². The van der Waals surface area contributed by atoms with Crippen molar-refractivity contribution in [2.75, 3.05) is 195 Å². The fourth-order valence-electron chi connectivity index (χ4n) is 9.82. The van der Waals surface area contributed by atoms with Crippen LogP contribution in [0.1, 0.15) is 73.9 Å². The topological polar surface area (TPSA) is 238 Å². The van der Waals surface area contributed by atoms with Gasteiger partial charge in [-0.05, 0) is 97.4 Å². The second-order valence-electron chi connectivity index (χ2n) is 22.0. The number of rotatable bonds is 39. The van der Waals surface area contributed by atoms with Gasteiger partial charge in [0.25, 0.3) is 0 Å². The van der Waals surface area contributed by atoms with Crippen molar-refractivity contribution in [3.8, 4) is 47.0 Å². The predicted molar refractivity (Wildman–Crippen MR) is 360 cm³/mol. The third-order valence-electron chi connectivity index (χ3n) is 14.6. The highest BCUT2D eigenvalue weighted by Gasteiger charge is 2.27. The first-order valence-electron chi connectivity index (χ1n) is 32.2. The Kier molecular flexibility index (Phi) is 34.8. The van der Waals surface area contributed by atoms with Gasteiger partial charge in [0, 0.05) is 106 Å². The molecule has 1 unspecified atom stereocenters. The lowest BCUT2D eigenvalue weighted by Gasteiger charge is -2.29. The van der Waals surface area contributed by atoms with Crippen molar-refractivity contribution >= 4 is 23.6 Å². The van der Waals surface area contributed by atoms with Gasteiger partial charge in [-0.1, -0.05) is 35.5 Å². The van der Waals surface area contributed by atoms with Gasteiger partial charge in [0.2, 0.25) is 0 Å². The van der Waals surface area contributed by atoms with Crippen molar-refractivity contribution in [2.45, 2.75) is 32.4 Å². The number of methoxy groups -OCH3 is 6. The molecule has 520 valence electrons. The molecule has 2 aromatic heterocycles. The fourth-order valence-corrected chi connectivity index (χ4v) is 9.82. The van der Waals surface area contributed by atoms with Gasteiger partial charge in [-0.3, -0.25) is 14.7 Å². The molecule has 0 bridgehead atoms. The number of ether oxygens (including phenoxy) is 15. The van der Waals surface area contributed by atoms with Crippen LogP contribution in [0.25, 0.3) is 0 Å². The van der Waals surface area contributed by atoms with Crippen LogP contribution in [-0.4, -0.2) is 243 Å². The van der Waals surface area contributed by atoms with E-state index in [0.29, 0.717) is 212 Å². The van der Waals surface area contributed by atoms with Gasteiger partial charge < -0.3 is 71.1 Å². The van der Waals surface area contributed by atoms with Crippen LogP contribution in [0.2, 0.25) is 0 Å². The molecule has 0 amide bonds. The summed E-state index contributed by atoms with van der Waals surface area (Å²) in [5.74, 6) is 19.7. The average molecular weight is 1340 g/mol. The molecular weight excluding hydrogens is 1250 g/mol. The normalized spacial score (nSPS) is 14.9. The molecule has 2 aromatic carbocycles. The molecule has 1 atom stereocenters. The van der Waals surface area contributed by atoms with Crippen LogP contribution in [0.3, 0.4) is 0 Å². The third-order valence-corrected chi connectivity index (χ3v) is 14.6. The van der Waals surface area contributed by atoms with Gasteiger partial charge in [0.05, 0.1) is 151 Å².